The van der Waals surface area contributed by atoms with Crippen LogP contribution in [0.5, 0.6) is 0 Å². The molecular weight excluding hydrogens is 916 g/mol. The van der Waals surface area contributed by atoms with Crippen molar-refractivity contribution >= 4 is 19.7 Å². The third-order valence-corrected chi connectivity index (χ3v) is 14.5. The molecular formula is C62H117N2O7P. The predicted octanol–water partition coefficient (Wildman–Crippen LogP) is 17.9. The minimum Gasteiger partial charge on any atom is -0.756 e. The number of amides is 1. The van der Waals surface area contributed by atoms with Gasteiger partial charge < -0.3 is 28.5 Å². The van der Waals surface area contributed by atoms with Gasteiger partial charge in [-0.25, -0.2) is 0 Å². The molecule has 0 heterocycles. The third kappa shape index (κ3) is 52.8. The van der Waals surface area contributed by atoms with Gasteiger partial charge in [-0.1, -0.05) is 250 Å². The van der Waals surface area contributed by atoms with E-state index < -0.39 is 20.0 Å². The van der Waals surface area contributed by atoms with Crippen molar-refractivity contribution in [2.45, 2.75) is 296 Å². The number of rotatable bonds is 55. The number of hydrogen-bond donors (Lipinski definition) is 1. The molecule has 0 aliphatic rings. The molecule has 3 atom stereocenters. The minimum atomic E-state index is -4.69. The SMILES string of the molecule is CCCCC/C=C\C/C=C\C/C=C\CCCCCCCCCCCCC(=O)OC(/C=C\CCCCCCCCCCCC)C(COP(=O)([O-])OCC[N+](C)(C)C)NC(=O)CCCCCCCCCCCCC. The van der Waals surface area contributed by atoms with Crippen LogP contribution in [-0.2, 0) is 27.9 Å². The van der Waals surface area contributed by atoms with Gasteiger partial charge in [0.1, 0.15) is 19.3 Å². The first-order valence-corrected chi connectivity index (χ1v) is 31.9. The van der Waals surface area contributed by atoms with Gasteiger partial charge in [-0.15, -0.1) is 0 Å². The van der Waals surface area contributed by atoms with E-state index in [2.05, 4.69) is 62.5 Å². The lowest BCUT2D eigenvalue weighted by atomic mass is 10.0. The number of carbonyl (C=O) groups excluding carboxylic acids is 2. The average Bonchev–Trinajstić information content (AvgIpc) is 3.34. The second-order valence-electron chi connectivity index (χ2n) is 21.9. The van der Waals surface area contributed by atoms with Crippen LogP contribution >= 0.6 is 7.82 Å². The van der Waals surface area contributed by atoms with E-state index in [0.29, 0.717) is 17.4 Å². The summed E-state index contributed by atoms with van der Waals surface area (Å²) >= 11 is 0. The molecule has 0 aromatic carbocycles. The van der Waals surface area contributed by atoms with Crippen LogP contribution in [0.2, 0.25) is 0 Å². The molecule has 0 aliphatic carbocycles. The van der Waals surface area contributed by atoms with Crippen molar-refractivity contribution in [3.63, 3.8) is 0 Å². The largest absolute Gasteiger partial charge is 0.756 e. The molecule has 0 aromatic heterocycles. The smallest absolute Gasteiger partial charge is 0.306 e. The van der Waals surface area contributed by atoms with Crippen molar-refractivity contribution in [2.75, 3.05) is 40.9 Å². The lowest BCUT2D eigenvalue weighted by Crippen LogP contribution is -2.47. The van der Waals surface area contributed by atoms with Gasteiger partial charge in [0.2, 0.25) is 5.91 Å². The molecule has 0 rings (SSSR count). The number of hydrogen-bond acceptors (Lipinski definition) is 7. The Morgan fingerprint density at radius 2 is 0.847 bits per heavy atom. The van der Waals surface area contributed by atoms with Crippen molar-refractivity contribution in [1.29, 1.82) is 0 Å². The lowest BCUT2D eigenvalue weighted by Gasteiger charge is -2.30. The standard InChI is InChI=1S/C62H117N2O7P/c1-7-10-13-16-19-22-25-27-28-29-30-31-32-33-34-35-36-37-40-43-46-49-52-55-62(66)71-60(53-50-47-44-41-39-26-23-20-17-14-11-8-2)59(58-70-72(67,68)69-57-56-64(4,5)6)63-61(65)54-51-48-45-42-38-24-21-18-15-12-9-3/h19,22,27-28,30-31,50,53,59-60H,7-18,20-21,23-26,29,32-49,51-52,54-58H2,1-6H3,(H-,63,65,67,68)/b22-19-,28-27-,31-30-,53-50-. The number of phosphoric acid groups is 1. The number of esters is 1. The summed E-state index contributed by atoms with van der Waals surface area (Å²) in [5.41, 5.74) is 0. The van der Waals surface area contributed by atoms with Crippen LogP contribution < -0.4 is 10.2 Å². The quantitative estimate of drug-likeness (QED) is 0.0212. The molecule has 422 valence electrons. The van der Waals surface area contributed by atoms with Crippen LogP contribution in [-0.4, -0.2) is 69.4 Å². The van der Waals surface area contributed by atoms with E-state index in [1.54, 1.807) is 0 Å². The Balaban J connectivity index is 5.15. The first-order valence-electron chi connectivity index (χ1n) is 30.4. The summed E-state index contributed by atoms with van der Waals surface area (Å²) in [6.45, 7) is 6.82. The molecule has 0 fully saturated rings. The number of nitrogens with one attached hydrogen (secondary N) is 1. The summed E-state index contributed by atoms with van der Waals surface area (Å²) < 4.78 is 30.2. The fourth-order valence-electron chi connectivity index (χ4n) is 8.76. The molecule has 1 N–H and O–H groups in total. The molecule has 3 unspecified atom stereocenters. The minimum absolute atomic E-state index is 0.0217. The van der Waals surface area contributed by atoms with Gasteiger partial charge in [-0.3, -0.25) is 14.2 Å². The molecule has 72 heavy (non-hydrogen) atoms. The highest BCUT2D eigenvalue weighted by Gasteiger charge is 2.27. The van der Waals surface area contributed by atoms with E-state index in [-0.39, 0.29) is 31.5 Å². The van der Waals surface area contributed by atoms with Crippen molar-refractivity contribution in [2.24, 2.45) is 0 Å². The van der Waals surface area contributed by atoms with Gasteiger partial charge in [0, 0.05) is 12.8 Å². The van der Waals surface area contributed by atoms with Crippen LogP contribution in [0.4, 0.5) is 0 Å². The molecule has 0 saturated heterocycles. The monoisotopic (exact) mass is 1030 g/mol. The number of allylic oxidation sites excluding steroid dienone is 7. The first kappa shape index (κ1) is 70.0. The summed E-state index contributed by atoms with van der Waals surface area (Å²) in [6.07, 6.45) is 63.6. The van der Waals surface area contributed by atoms with Crippen LogP contribution in [0, 0.1) is 0 Å². The second-order valence-corrected chi connectivity index (χ2v) is 23.3. The zero-order chi connectivity index (χ0) is 52.9. The van der Waals surface area contributed by atoms with Gasteiger partial charge >= 0.3 is 5.97 Å². The van der Waals surface area contributed by atoms with Gasteiger partial charge in [0.05, 0.1) is 33.8 Å². The normalized spacial score (nSPS) is 14.0. The van der Waals surface area contributed by atoms with Gasteiger partial charge in [-0.2, -0.15) is 0 Å². The number of nitrogens with zero attached hydrogens (tertiary/aromatic N) is 1. The molecule has 0 bridgehead atoms. The number of unbranched alkanes of at least 4 members (excludes halogenated alkanes) is 33. The van der Waals surface area contributed by atoms with Gasteiger partial charge in [-0.05, 0) is 70.3 Å². The fraction of sp³-hybridized carbons (Fsp3) is 0.839. The van der Waals surface area contributed by atoms with Gasteiger partial charge in [0.15, 0.2) is 0 Å². The molecule has 0 aromatic rings. The average molecular weight is 1030 g/mol. The summed E-state index contributed by atoms with van der Waals surface area (Å²) in [4.78, 5) is 39.9. The van der Waals surface area contributed by atoms with E-state index in [0.717, 1.165) is 70.6 Å². The summed E-state index contributed by atoms with van der Waals surface area (Å²) in [5, 5.41) is 3.02. The van der Waals surface area contributed by atoms with Crippen molar-refractivity contribution in [3.8, 4) is 0 Å². The number of ether oxygens (including phenoxy) is 1. The summed E-state index contributed by atoms with van der Waals surface area (Å²) in [5.74, 6) is -0.538. The first-order chi connectivity index (χ1) is 34.9. The van der Waals surface area contributed by atoms with E-state index in [4.69, 9.17) is 13.8 Å². The zero-order valence-electron chi connectivity index (χ0n) is 48.1. The molecule has 9 nitrogen and oxygen atoms in total. The molecule has 10 heteroatoms. The maximum absolute atomic E-state index is 13.5. The highest BCUT2D eigenvalue weighted by molar-refractivity contribution is 7.45. The molecule has 0 saturated carbocycles. The maximum atomic E-state index is 13.5. The molecule has 0 aliphatic heterocycles. The Morgan fingerprint density at radius 3 is 1.29 bits per heavy atom. The number of quaternary nitrogens is 1. The number of likely N-dealkylation sites (N-methyl/N-ethyl adjacent to an activating group) is 1. The Morgan fingerprint density at radius 1 is 0.486 bits per heavy atom. The maximum Gasteiger partial charge on any atom is 0.306 e. The number of carbonyl (C=O) groups is 2. The van der Waals surface area contributed by atoms with Crippen molar-refractivity contribution in [3.05, 3.63) is 48.6 Å². The third-order valence-electron chi connectivity index (χ3n) is 13.5. The molecule has 0 spiro atoms. The predicted molar refractivity (Wildman–Crippen MR) is 307 cm³/mol. The van der Waals surface area contributed by atoms with Crippen LogP contribution in [0.1, 0.15) is 284 Å². The Labute approximate surface area is 446 Å². The Hall–Kier alpha value is -2.03. The fourth-order valence-corrected chi connectivity index (χ4v) is 9.49. The van der Waals surface area contributed by atoms with E-state index in [1.807, 2.05) is 33.3 Å². The van der Waals surface area contributed by atoms with Gasteiger partial charge in [0.25, 0.3) is 7.82 Å². The second kappa shape index (κ2) is 52.4. The van der Waals surface area contributed by atoms with Crippen molar-refractivity contribution in [1.82, 2.24) is 5.32 Å². The highest BCUT2D eigenvalue weighted by Crippen LogP contribution is 2.38. The van der Waals surface area contributed by atoms with E-state index in [9.17, 15) is 19.0 Å². The number of phosphoric ester groups is 1. The zero-order valence-corrected chi connectivity index (χ0v) is 49.0. The highest BCUT2D eigenvalue weighted by atomic mass is 31.2. The summed E-state index contributed by atoms with van der Waals surface area (Å²) in [6, 6.07) is -0.885. The van der Waals surface area contributed by atoms with Crippen LogP contribution in [0.25, 0.3) is 0 Å². The van der Waals surface area contributed by atoms with Crippen LogP contribution in [0.3, 0.4) is 0 Å². The topological polar surface area (TPSA) is 114 Å². The van der Waals surface area contributed by atoms with Crippen LogP contribution in [0.15, 0.2) is 48.6 Å². The van der Waals surface area contributed by atoms with Crippen molar-refractivity contribution < 1.29 is 37.3 Å². The Kier molecular flexibility index (Phi) is 50.9. The Bertz CT molecular complexity index is 1380. The summed E-state index contributed by atoms with van der Waals surface area (Å²) in [7, 11) is 1.19. The molecule has 1 amide bonds. The lowest BCUT2D eigenvalue weighted by molar-refractivity contribution is -0.870. The van der Waals surface area contributed by atoms with E-state index in [1.165, 1.54) is 180 Å². The molecule has 0 radical (unpaired) electrons. The van der Waals surface area contributed by atoms with E-state index >= 15 is 0 Å².